The smallest absolute Gasteiger partial charge is 0.829 e. The van der Waals surface area contributed by atoms with Crippen LogP contribution in [0, 0.1) is 5.92 Å². The molecule has 0 radical (unpaired) electrons. The zero-order valence-corrected chi connectivity index (χ0v) is 10.9. The Morgan fingerprint density at radius 1 is 1.31 bits per heavy atom. The molecule has 0 amide bonds. The molecule has 1 aliphatic rings. The monoisotopic (exact) mass is 194 g/mol. The van der Waals surface area contributed by atoms with Crippen molar-refractivity contribution >= 4 is 0 Å². The second-order valence-electron chi connectivity index (χ2n) is 3.93. The minimum Gasteiger partial charge on any atom is -0.829 e. The third kappa shape index (κ3) is 4.30. The quantitative estimate of drug-likeness (QED) is 0.435. The molecule has 0 aromatic heterocycles. The summed E-state index contributed by atoms with van der Waals surface area (Å²) in [6.45, 7) is 1.95. The summed E-state index contributed by atoms with van der Waals surface area (Å²) in [5.41, 5.74) is 0. The van der Waals surface area contributed by atoms with E-state index in [0.29, 0.717) is 6.42 Å². The Hall–Kier alpha value is 0.920. The van der Waals surface area contributed by atoms with Gasteiger partial charge in [-0.2, -0.15) is 0 Å². The van der Waals surface area contributed by atoms with E-state index in [9.17, 15) is 10.2 Å². The van der Waals surface area contributed by atoms with Crippen LogP contribution in [0.4, 0.5) is 0 Å². The van der Waals surface area contributed by atoms with Gasteiger partial charge in [-0.15, -0.1) is 0 Å². The maximum atomic E-state index is 11.6. The van der Waals surface area contributed by atoms with Crippen molar-refractivity contribution in [1.29, 1.82) is 0 Å². The largest absolute Gasteiger partial charge is 1.00 e. The molecule has 3 heteroatoms. The van der Waals surface area contributed by atoms with Crippen LogP contribution in [0.5, 0.6) is 0 Å². The number of hydrogen-bond acceptors (Lipinski definition) is 2. The standard InChI is InChI=1S/C10H19O2.Na/c1-2-8-10(11,12)9-6-4-3-5-7-9;/h9,11H,2-8H2,1H3;/q-1;+1. The van der Waals surface area contributed by atoms with Gasteiger partial charge in [0.25, 0.3) is 0 Å². The minimum atomic E-state index is -1.63. The number of hydrogen-bond donors (Lipinski definition) is 1. The first-order valence-corrected chi connectivity index (χ1v) is 5.09. The van der Waals surface area contributed by atoms with E-state index in [1.54, 1.807) is 0 Å². The topological polar surface area (TPSA) is 43.3 Å². The van der Waals surface area contributed by atoms with Crippen LogP contribution < -0.4 is 34.7 Å². The molecule has 0 spiro atoms. The molecule has 1 saturated carbocycles. The van der Waals surface area contributed by atoms with Crippen molar-refractivity contribution in [2.45, 2.75) is 57.7 Å². The van der Waals surface area contributed by atoms with Crippen molar-refractivity contribution in [3.8, 4) is 0 Å². The minimum absolute atomic E-state index is 0. The van der Waals surface area contributed by atoms with Crippen LogP contribution in [-0.4, -0.2) is 10.9 Å². The summed E-state index contributed by atoms with van der Waals surface area (Å²) >= 11 is 0. The van der Waals surface area contributed by atoms with Gasteiger partial charge in [0.15, 0.2) is 0 Å². The zero-order valence-electron chi connectivity index (χ0n) is 8.88. The Morgan fingerprint density at radius 3 is 2.31 bits per heavy atom. The van der Waals surface area contributed by atoms with Gasteiger partial charge in [0.1, 0.15) is 0 Å². The normalized spacial score (nSPS) is 23.3. The Labute approximate surface area is 103 Å². The molecule has 1 fully saturated rings. The molecular weight excluding hydrogens is 175 g/mol. The SMILES string of the molecule is CCCC([O-])(O)C1CCCCC1.[Na+]. The van der Waals surface area contributed by atoms with Crippen molar-refractivity contribution < 1.29 is 39.8 Å². The van der Waals surface area contributed by atoms with E-state index < -0.39 is 5.79 Å². The molecule has 2 nitrogen and oxygen atoms in total. The zero-order chi connectivity index (χ0) is 9.03. The summed E-state index contributed by atoms with van der Waals surface area (Å²) in [5, 5.41) is 21.2. The molecule has 0 aromatic carbocycles. The maximum absolute atomic E-state index is 11.6. The summed E-state index contributed by atoms with van der Waals surface area (Å²) in [7, 11) is 0. The molecule has 0 bridgehead atoms. The van der Waals surface area contributed by atoms with Gasteiger partial charge < -0.3 is 10.2 Å². The summed E-state index contributed by atoms with van der Waals surface area (Å²) in [4.78, 5) is 0. The van der Waals surface area contributed by atoms with E-state index in [1.165, 1.54) is 6.42 Å². The molecule has 72 valence electrons. The third-order valence-corrected chi connectivity index (χ3v) is 2.85. The van der Waals surface area contributed by atoms with Crippen LogP contribution in [0.3, 0.4) is 0 Å². The van der Waals surface area contributed by atoms with E-state index in [4.69, 9.17) is 0 Å². The van der Waals surface area contributed by atoms with Gasteiger partial charge in [-0.1, -0.05) is 32.6 Å². The molecule has 1 rings (SSSR count). The number of aliphatic hydroxyl groups is 1. The summed E-state index contributed by atoms with van der Waals surface area (Å²) in [6, 6.07) is 0. The Morgan fingerprint density at radius 2 is 1.85 bits per heavy atom. The molecular formula is C10H19NaO2. The molecule has 0 saturated heterocycles. The van der Waals surface area contributed by atoms with Crippen LogP contribution in [0.2, 0.25) is 0 Å². The third-order valence-electron chi connectivity index (χ3n) is 2.85. The molecule has 0 heterocycles. The summed E-state index contributed by atoms with van der Waals surface area (Å²) in [6.07, 6.45) is 6.55. The van der Waals surface area contributed by atoms with Crippen molar-refractivity contribution in [2.75, 3.05) is 0 Å². The first-order chi connectivity index (χ1) is 5.67. The number of rotatable bonds is 3. The molecule has 0 aliphatic heterocycles. The van der Waals surface area contributed by atoms with Gasteiger partial charge in [0.05, 0.1) is 0 Å². The predicted octanol–water partition coefficient (Wildman–Crippen LogP) is -1.58. The van der Waals surface area contributed by atoms with Crippen LogP contribution >= 0.6 is 0 Å². The van der Waals surface area contributed by atoms with Crippen molar-refractivity contribution in [3.63, 3.8) is 0 Å². The fourth-order valence-electron chi connectivity index (χ4n) is 2.12. The van der Waals surface area contributed by atoms with Gasteiger partial charge in [-0.05, 0) is 31.0 Å². The van der Waals surface area contributed by atoms with E-state index >= 15 is 0 Å². The molecule has 13 heavy (non-hydrogen) atoms. The molecule has 1 aliphatic carbocycles. The van der Waals surface area contributed by atoms with Crippen LogP contribution in [0.25, 0.3) is 0 Å². The van der Waals surface area contributed by atoms with Crippen molar-refractivity contribution in [2.24, 2.45) is 5.92 Å². The Balaban J connectivity index is 0.00000144. The van der Waals surface area contributed by atoms with Crippen molar-refractivity contribution in [3.05, 3.63) is 0 Å². The fraction of sp³-hybridized carbons (Fsp3) is 1.00. The second-order valence-corrected chi connectivity index (χ2v) is 3.93. The van der Waals surface area contributed by atoms with Gasteiger partial charge in [-0.3, -0.25) is 0 Å². The first kappa shape index (κ1) is 13.9. The predicted molar refractivity (Wildman–Crippen MR) is 46.4 cm³/mol. The second kappa shape index (κ2) is 6.41. The average Bonchev–Trinajstić information content (AvgIpc) is 2.06. The van der Waals surface area contributed by atoms with Crippen LogP contribution in [-0.2, 0) is 0 Å². The Bertz CT molecular complexity index is 131. The first-order valence-electron chi connectivity index (χ1n) is 5.09. The van der Waals surface area contributed by atoms with Gasteiger partial charge >= 0.3 is 29.6 Å². The van der Waals surface area contributed by atoms with Crippen LogP contribution in [0.15, 0.2) is 0 Å². The van der Waals surface area contributed by atoms with Gasteiger partial charge in [0.2, 0.25) is 0 Å². The molecule has 0 aromatic rings. The Kier molecular flexibility index (Phi) is 6.87. The van der Waals surface area contributed by atoms with Gasteiger partial charge in [-0.25, -0.2) is 0 Å². The van der Waals surface area contributed by atoms with Gasteiger partial charge in [0, 0.05) is 0 Å². The summed E-state index contributed by atoms with van der Waals surface area (Å²) < 4.78 is 0. The van der Waals surface area contributed by atoms with Crippen LogP contribution in [0.1, 0.15) is 51.9 Å². The van der Waals surface area contributed by atoms with Crippen molar-refractivity contribution in [1.82, 2.24) is 0 Å². The average molecular weight is 194 g/mol. The fourth-order valence-corrected chi connectivity index (χ4v) is 2.12. The maximum Gasteiger partial charge on any atom is 1.00 e. The molecule has 1 atom stereocenters. The summed E-state index contributed by atoms with van der Waals surface area (Å²) in [5.74, 6) is -1.61. The van der Waals surface area contributed by atoms with E-state index in [-0.39, 0.29) is 35.5 Å². The molecule has 1 unspecified atom stereocenters. The van der Waals surface area contributed by atoms with E-state index in [2.05, 4.69) is 0 Å². The molecule has 1 N–H and O–H groups in total. The van der Waals surface area contributed by atoms with E-state index in [1.807, 2.05) is 6.92 Å². The van der Waals surface area contributed by atoms with E-state index in [0.717, 1.165) is 32.1 Å².